The Morgan fingerprint density at radius 2 is 1.88 bits per heavy atom. The van der Waals surface area contributed by atoms with Crippen LogP contribution in [-0.2, 0) is 5.75 Å². The Balaban J connectivity index is 1.73. The van der Waals surface area contributed by atoms with E-state index in [2.05, 4.69) is 71.7 Å². The summed E-state index contributed by atoms with van der Waals surface area (Å²) in [6.45, 7) is 4.20. The number of carbonyl (C=O) groups is 1. The van der Waals surface area contributed by atoms with Crippen LogP contribution < -0.4 is 0 Å². The molecule has 0 aliphatic rings. The average Bonchev–Trinajstić information content (AvgIpc) is 3.02. The van der Waals surface area contributed by atoms with Gasteiger partial charge in [0.05, 0.1) is 0 Å². The van der Waals surface area contributed by atoms with E-state index >= 15 is 0 Å². The first kappa shape index (κ1) is 16.3. The Bertz CT molecular complexity index is 872. The van der Waals surface area contributed by atoms with Gasteiger partial charge >= 0.3 is 5.97 Å². The summed E-state index contributed by atoms with van der Waals surface area (Å²) in [5.41, 5.74) is 5.98. The van der Waals surface area contributed by atoms with Crippen molar-refractivity contribution in [3.63, 3.8) is 0 Å². The van der Waals surface area contributed by atoms with Crippen molar-refractivity contribution in [1.82, 2.24) is 15.4 Å². The van der Waals surface area contributed by atoms with Crippen LogP contribution in [0.15, 0.2) is 47.5 Å². The van der Waals surface area contributed by atoms with Crippen LogP contribution in [0.25, 0.3) is 11.1 Å². The van der Waals surface area contributed by atoms with Crippen molar-refractivity contribution in [3.05, 3.63) is 64.8 Å². The van der Waals surface area contributed by atoms with Gasteiger partial charge in [-0.05, 0) is 36.1 Å². The number of aromatic carboxylic acids is 1. The number of aromatic amines is 1. The molecule has 0 unspecified atom stereocenters. The van der Waals surface area contributed by atoms with Gasteiger partial charge in [-0.1, -0.05) is 59.8 Å². The number of carboxylic acids is 1. The first-order valence-corrected chi connectivity index (χ1v) is 8.46. The van der Waals surface area contributed by atoms with E-state index in [1.165, 1.54) is 34.0 Å². The zero-order valence-electron chi connectivity index (χ0n) is 13.4. The molecule has 0 amide bonds. The third kappa shape index (κ3) is 3.49. The topological polar surface area (TPSA) is 78.9 Å². The van der Waals surface area contributed by atoms with E-state index in [4.69, 9.17) is 5.11 Å². The smallest absolute Gasteiger partial charge is 0.359 e. The molecule has 0 spiro atoms. The highest BCUT2D eigenvalue weighted by atomic mass is 32.2. The van der Waals surface area contributed by atoms with Crippen LogP contribution in [-0.4, -0.2) is 26.5 Å². The van der Waals surface area contributed by atoms with Crippen molar-refractivity contribution in [2.75, 3.05) is 0 Å². The minimum atomic E-state index is -1.07. The molecule has 5 nitrogen and oxygen atoms in total. The van der Waals surface area contributed by atoms with Crippen molar-refractivity contribution in [1.29, 1.82) is 0 Å². The number of aromatic nitrogens is 3. The summed E-state index contributed by atoms with van der Waals surface area (Å²) < 4.78 is 0. The largest absolute Gasteiger partial charge is 0.476 e. The van der Waals surface area contributed by atoms with Gasteiger partial charge < -0.3 is 5.11 Å². The predicted octanol–water partition coefficient (Wildman–Crippen LogP) is 4.08. The summed E-state index contributed by atoms with van der Waals surface area (Å²) in [6, 6.07) is 14.7. The number of hydrogen-bond acceptors (Lipinski definition) is 4. The van der Waals surface area contributed by atoms with Gasteiger partial charge in [0.25, 0.3) is 0 Å². The number of carboxylic acid groups (broad SMARTS) is 1. The van der Waals surface area contributed by atoms with Gasteiger partial charge in [-0.2, -0.15) is 5.21 Å². The van der Waals surface area contributed by atoms with Crippen molar-refractivity contribution in [2.24, 2.45) is 0 Å². The lowest BCUT2D eigenvalue weighted by molar-refractivity contribution is 0.0686. The lowest BCUT2D eigenvalue weighted by Crippen LogP contribution is -1.98. The van der Waals surface area contributed by atoms with Crippen LogP contribution in [0, 0.1) is 13.8 Å². The van der Waals surface area contributed by atoms with E-state index in [9.17, 15) is 4.79 Å². The fraction of sp³-hybridized carbons (Fsp3) is 0.167. The lowest BCUT2D eigenvalue weighted by Gasteiger charge is -2.08. The van der Waals surface area contributed by atoms with Crippen LogP contribution in [0.5, 0.6) is 0 Å². The summed E-state index contributed by atoms with van der Waals surface area (Å²) in [5.74, 6) is -0.434. The van der Waals surface area contributed by atoms with Crippen molar-refractivity contribution in [2.45, 2.75) is 24.6 Å². The number of nitrogens with zero attached hydrogens (tertiary/aromatic N) is 2. The fourth-order valence-corrected chi connectivity index (χ4v) is 3.40. The molecular formula is C18H17N3O2S. The van der Waals surface area contributed by atoms with Crippen LogP contribution in [0.4, 0.5) is 0 Å². The van der Waals surface area contributed by atoms with Crippen molar-refractivity contribution >= 4 is 17.7 Å². The maximum atomic E-state index is 11.0. The number of rotatable bonds is 5. The maximum Gasteiger partial charge on any atom is 0.359 e. The van der Waals surface area contributed by atoms with Gasteiger partial charge in [-0.15, -0.1) is 10.2 Å². The second-order valence-electron chi connectivity index (χ2n) is 5.59. The summed E-state index contributed by atoms with van der Waals surface area (Å²) >= 11 is 1.36. The summed E-state index contributed by atoms with van der Waals surface area (Å²) in [6.07, 6.45) is 0. The lowest BCUT2D eigenvalue weighted by atomic mass is 9.98. The molecule has 24 heavy (non-hydrogen) atoms. The molecule has 3 rings (SSSR count). The number of hydrogen-bond donors (Lipinski definition) is 2. The molecule has 6 heteroatoms. The van der Waals surface area contributed by atoms with Gasteiger partial charge in [-0.25, -0.2) is 4.79 Å². The number of benzene rings is 2. The fourth-order valence-electron chi connectivity index (χ4n) is 2.53. The molecule has 0 aliphatic heterocycles. The summed E-state index contributed by atoms with van der Waals surface area (Å²) in [7, 11) is 0. The second kappa shape index (κ2) is 6.88. The van der Waals surface area contributed by atoms with Gasteiger partial charge in [0, 0.05) is 5.75 Å². The number of aryl methyl sites for hydroxylation is 2. The molecule has 0 fully saturated rings. The predicted molar refractivity (Wildman–Crippen MR) is 94.3 cm³/mol. The molecule has 0 aliphatic carbocycles. The zero-order chi connectivity index (χ0) is 17.1. The third-order valence-electron chi connectivity index (χ3n) is 3.74. The minimum absolute atomic E-state index is 0.0353. The average molecular weight is 339 g/mol. The highest BCUT2D eigenvalue weighted by molar-refractivity contribution is 7.98. The molecule has 0 saturated heterocycles. The third-order valence-corrected chi connectivity index (χ3v) is 4.78. The van der Waals surface area contributed by atoms with Gasteiger partial charge in [-0.3, -0.25) is 0 Å². The molecular weight excluding hydrogens is 322 g/mol. The normalized spacial score (nSPS) is 10.8. The highest BCUT2D eigenvalue weighted by Crippen LogP contribution is 2.27. The van der Waals surface area contributed by atoms with Gasteiger partial charge in [0.1, 0.15) is 0 Å². The number of nitrogens with one attached hydrogen (secondary N) is 1. The Kier molecular flexibility index (Phi) is 4.66. The van der Waals surface area contributed by atoms with Crippen LogP contribution >= 0.6 is 11.8 Å². The number of H-pyrrole nitrogens is 1. The Labute approximate surface area is 144 Å². The zero-order valence-corrected chi connectivity index (χ0v) is 14.2. The van der Waals surface area contributed by atoms with Gasteiger partial charge in [0.15, 0.2) is 5.03 Å². The SMILES string of the molecule is Cc1ccc(-c2ccc(CSc3n[nH]nc3C(=O)O)cc2)c(C)c1. The van der Waals surface area contributed by atoms with Crippen LogP contribution in [0.3, 0.4) is 0 Å². The van der Waals surface area contributed by atoms with E-state index in [0.717, 1.165) is 5.56 Å². The molecule has 122 valence electrons. The van der Waals surface area contributed by atoms with E-state index in [0.29, 0.717) is 10.8 Å². The molecule has 2 aromatic carbocycles. The van der Waals surface area contributed by atoms with Gasteiger partial charge in [0.2, 0.25) is 5.69 Å². The first-order valence-electron chi connectivity index (χ1n) is 7.48. The van der Waals surface area contributed by atoms with E-state index in [1.54, 1.807) is 0 Å². The monoisotopic (exact) mass is 339 g/mol. The summed E-state index contributed by atoms with van der Waals surface area (Å²) in [5, 5.41) is 19.3. The van der Waals surface area contributed by atoms with Crippen LogP contribution in [0.2, 0.25) is 0 Å². The second-order valence-corrected chi connectivity index (χ2v) is 6.55. The van der Waals surface area contributed by atoms with E-state index < -0.39 is 5.97 Å². The standard InChI is InChI=1S/C18H17N3O2S/c1-11-3-8-15(12(2)9-11)14-6-4-13(5-7-14)10-24-17-16(18(22)23)19-21-20-17/h3-9H,10H2,1-2H3,(H,22,23)(H,19,20,21). The van der Waals surface area contributed by atoms with Crippen molar-refractivity contribution < 1.29 is 9.90 Å². The Hall–Kier alpha value is -2.60. The van der Waals surface area contributed by atoms with E-state index in [-0.39, 0.29) is 5.69 Å². The maximum absolute atomic E-state index is 11.0. The Morgan fingerprint density at radius 1 is 1.12 bits per heavy atom. The molecule has 1 aromatic heterocycles. The number of thioether (sulfide) groups is 1. The molecule has 2 N–H and O–H groups in total. The highest BCUT2D eigenvalue weighted by Gasteiger charge is 2.15. The minimum Gasteiger partial charge on any atom is -0.476 e. The van der Waals surface area contributed by atoms with Crippen molar-refractivity contribution in [3.8, 4) is 11.1 Å². The van der Waals surface area contributed by atoms with Crippen LogP contribution in [0.1, 0.15) is 27.2 Å². The quantitative estimate of drug-likeness (QED) is 0.685. The molecule has 0 radical (unpaired) electrons. The molecule has 3 aromatic rings. The molecule has 0 saturated carbocycles. The molecule has 0 bridgehead atoms. The molecule has 1 heterocycles. The first-order chi connectivity index (χ1) is 11.5. The molecule has 0 atom stereocenters. The summed E-state index contributed by atoms with van der Waals surface area (Å²) in [4.78, 5) is 11.0. The Morgan fingerprint density at radius 3 is 2.54 bits per heavy atom. The van der Waals surface area contributed by atoms with E-state index in [1.807, 2.05) is 0 Å².